The first-order valence-corrected chi connectivity index (χ1v) is 6.48. The van der Waals surface area contributed by atoms with Crippen molar-refractivity contribution in [3.8, 4) is 0 Å². The maximum atomic E-state index is 5.36. The van der Waals surface area contributed by atoms with Crippen molar-refractivity contribution in [2.24, 2.45) is 4.99 Å². The van der Waals surface area contributed by atoms with Crippen molar-refractivity contribution in [3.63, 3.8) is 0 Å². The highest BCUT2D eigenvalue weighted by molar-refractivity contribution is 5.79. The van der Waals surface area contributed by atoms with Gasteiger partial charge in [0.05, 0.1) is 19.8 Å². The molecule has 0 aromatic carbocycles. The Bertz CT molecular complexity index is 338. The van der Waals surface area contributed by atoms with Gasteiger partial charge in [0.1, 0.15) is 0 Å². The summed E-state index contributed by atoms with van der Waals surface area (Å²) >= 11 is 0. The molecule has 0 bridgehead atoms. The molecule has 2 N–H and O–H groups in total. The summed E-state index contributed by atoms with van der Waals surface area (Å²) in [7, 11) is 3.43. The van der Waals surface area contributed by atoms with E-state index in [1.54, 1.807) is 14.2 Å². The molecule has 0 aliphatic rings. The number of aromatic nitrogens is 1. The molecule has 1 heterocycles. The Balaban J connectivity index is 2.03. The lowest BCUT2D eigenvalue weighted by molar-refractivity contribution is 0.0733. The van der Waals surface area contributed by atoms with Crippen LogP contribution in [0.15, 0.2) is 29.5 Å². The van der Waals surface area contributed by atoms with Crippen LogP contribution in [0.3, 0.4) is 0 Å². The zero-order valence-electron chi connectivity index (χ0n) is 11.8. The highest BCUT2D eigenvalue weighted by Crippen LogP contribution is 1.87. The molecule has 0 aliphatic heterocycles. The Morgan fingerprint density at radius 1 is 1.11 bits per heavy atom. The van der Waals surface area contributed by atoms with Crippen LogP contribution in [-0.4, -0.2) is 57.6 Å². The average molecular weight is 268 g/mol. The Morgan fingerprint density at radius 3 is 2.53 bits per heavy atom. The lowest BCUT2D eigenvalue weighted by atomic mass is 10.6. The summed E-state index contributed by atoms with van der Waals surface area (Å²) in [4.78, 5) is 4.15. The van der Waals surface area contributed by atoms with Gasteiger partial charge >= 0.3 is 0 Å². The third kappa shape index (κ3) is 7.48. The minimum absolute atomic E-state index is 0.623. The van der Waals surface area contributed by atoms with Gasteiger partial charge in [-0.1, -0.05) is 0 Å². The third-order valence-corrected chi connectivity index (χ3v) is 2.52. The van der Waals surface area contributed by atoms with Gasteiger partial charge in [0.25, 0.3) is 0 Å². The van der Waals surface area contributed by atoms with Gasteiger partial charge in [-0.3, -0.25) is 4.99 Å². The van der Waals surface area contributed by atoms with Crippen LogP contribution in [0.5, 0.6) is 0 Å². The first kappa shape index (κ1) is 15.5. The van der Waals surface area contributed by atoms with E-state index in [1.807, 2.05) is 24.5 Å². The fraction of sp³-hybridized carbons (Fsp3) is 0.615. The molecule has 108 valence electrons. The summed E-state index contributed by atoms with van der Waals surface area (Å²) in [5.74, 6) is 0.794. The largest absolute Gasteiger partial charge is 0.382 e. The maximum absolute atomic E-state index is 5.36. The normalized spacial score (nSPS) is 11.6. The molecular formula is C13H24N4O2. The summed E-state index contributed by atoms with van der Waals surface area (Å²) in [6.45, 7) is 4.37. The molecule has 0 aliphatic carbocycles. The summed E-state index contributed by atoms with van der Waals surface area (Å²) in [6.07, 6.45) is 4.09. The van der Waals surface area contributed by atoms with Crippen LogP contribution in [0, 0.1) is 0 Å². The average Bonchev–Trinajstić information content (AvgIpc) is 2.93. The van der Waals surface area contributed by atoms with Crippen molar-refractivity contribution in [1.82, 2.24) is 15.2 Å². The zero-order valence-corrected chi connectivity index (χ0v) is 11.8. The maximum Gasteiger partial charge on any atom is 0.191 e. The zero-order chi connectivity index (χ0) is 13.8. The molecule has 0 amide bonds. The van der Waals surface area contributed by atoms with Crippen molar-refractivity contribution in [2.75, 3.05) is 47.1 Å². The van der Waals surface area contributed by atoms with Crippen LogP contribution < -0.4 is 10.6 Å². The van der Waals surface area contributed by atoms with Gasteiger partial charge < -0.3 is 24.7 Å². The van der Waals surface area contributed by atoms with Crippen LogP contribution in [0.25, 0.3) is 0 Å². The molecular weight excluding hydrogens is 244 g/mol. The van der Waals surface area contributed by atoms with Crippen molar-refractivity contribution in [2.45, 2.75) is 6.54 Å². The van der Waals surface area contributed by atoms with Crippen LogP contribution in [-0.2, 0) is 16.0 Å². The fourth-order valence-corrected chi connectivity index (χ4v) is 1.53. The molecule has 0 saturated carbocycles. The molecule has 1 aromatic rings. The number of hydrogen-bond acceptors (Lipinski definition) is 3. The van der Waals surface area contributed by atoms with Gasteiger partial charge in [-0.05, 0) is 12.1 Å². The van der Waals surface area contributed by atoms with Gasteiger partial charge in [-0.2, -0.15) is 0 Å². The van der Waals surface area contributed by atoms with Gasteiger partial charge in [-0.25, -0.2) is 0 Å². The van der Waals surface area contributed by atoms with E-state index in [9.17, 15) is 0 Å². The first-order valence-electron chi connectivity index (χ1n) is 6.48. The van der Waals surface area contributed by atoms with E-state index >= 15 is 0 Å². The number of aliphatic imine (C=N–C) groups is 1. The fourth-order valence-electron chi connectivity index (χ4n) is 1.53. The topological polar surface area (TPSA) is 59.8 Å². The summed E-state index contributed by atoms with van der Waals surface area (Å²) < 4.78 is 12.4. The first-order chi connectivity index (χ1) is 9.36. The molecule has 1 rings (SSSR count). The molecule has 0 unspecified atom stereocenters. The summed E-state index contributed by atoms with van der Waals surface area (Å²) in [5.41, 5.74) is 0. The second kappa shape index (κ2) is 10.4. The standard InChI is InChI=1S/C13H24N4O2/c1-14-13(16-6-10-19-12-11-18-2)15-5-9-17-7-3-4-8-17/h3-4,7-8H,5-6,9-12H2,1-2H3,(H2,14,15,16). The SMILES string of the molecule is CN=C(NCCOCCOC)NCCn1cccc1. The van der Waals surface area contributed by atoms with Crippen molar-refractivity contribution >= 4 is 5.96 Å². The van der Waals surface area contributed by atoms with E-state index in [1.165, 1.54) is 0 Å². The van der Waals surface area contributed by atoms with Gasteiger partial charge in [-0.15, -0.1) is 0 Å². The van der Waals surface area contributed by atoms with Crippen LogP contribution in [0.1, 0.15) is 0 Å². The van der Waals surface area contributed by atoms with E-state index in [4.69, 9.17) is 9.47 Å². The molecule has 0 atom stereocenters. The molecule has 6 nitrogen and oxygen atoms in total. The highest BCUT2D eigenvalue weighted by atomic mass is 16.5. The summed E-state index contributed by atoms with van der Waals surface area (Å²) in [5, 5.41) is 6.44. The van der Waals surface area contributed by atoms with E-state index in [0.29, 0.717) is 19.8 Å². The minimum Gasteiger partial charge on any atom is -0.382 e. The number of rotatable bonds is 9. The number of ether oxygens (including phenoxy) is 2. The Labute approximate surface area is 114 Å². The molecule has 0 radical (unpaired) electrons. The predicted molar refractivity (Wildman–Crippen MR) is 76.5 cm³/mol. The number of nitrogens with one attached hydrogen (secondary N) is 2. The van der Waals surface area contributed by atoms with Crippen LogP contribution in [0.2, 0.25) is 0 Å². The van der Waals surface area contributed by atoms with Gasteiger partial charge in [0.2, 0.25) is 0 Å². The smallest absolute Gasteiger partial charge is 0.191 e. The highest BCUT2D eigenvalue weighted by Gasteiger charge is 1.96. The monoisotopic (exact) mass is 268 g/mol. The van der Waals surface area contributed by atoms with E-state index in [0.717, 1.165) is 25.6 Å². The molecule has 0 saturated heterocycles. The number of guanidine groups is 1. The van der Waals surface area contributed by atoms with Crippen LogP contribution in [0.4, 0.5) is 0 Å². The van der Waals surface area contributed by atoms with E-state index < -0.39 is 0 Å². The quantitative estimate of drug-likeness (QED) is 0.385. The second-order valence-electron chi connectivity index (χ2n) is 3.95. The Kier molecular flexibility index (Phi) is 8.50. The second-order valence-corrected chi connectivity index (χ2v) is 3.95. The van der Waals surface area contributed by atoms with Crippen molar-refractivity contribution < 1.29 is 9.47 Å². The summed E-state index contributed by atoms with van der Waals surface area (Å²) in [6, 6.07) is 4.04. The lowest BCUT2D eigenvalue weighted by Gasteiger charge is -2.12. The molecule has 1 aromatic heterocycles. The van der Waals surface area contributed by atoms with Crippen molar-refractivity contribution in [3.05, 3.63) is 24.5 Å². The van der Waals surface area contributed by atoms with Gasteiger partial charge in [0, 0.05) is 46.2 Å². The van der Waals surface area contributed by atoms with Crippen LogP contribution >= 0.6 is 0 Å². The molecule has 19 heavy (non-hydrogen) atoms. The van der Waals surface area contributed by atoms with E-state index in [-0.39, 0.29) is 0 Å². The third-order valence-electron chi connectivity index (χ3n) is 2.52. The molecule has 6 heteroatoms. The predicted octanol–water partition coefficient (Wildman–Crippen LogP) is 0.316. The van der Waals surface area contributed by atoms with Crippen molar-refractivity contribution in [1.29, 1.82) is 0 Å². The number of hydrogen-bond donors (Lipinski definition) is 2. The van der Waals surface area contributed by atoms with E-state index in [2.05, 4.69) is 20.2 Å². The minimum atomic E-state index is 0.623. The lowest BCUT2D eigenvalue weighted by Crippen LogP contribution is -2.40. The molecule has 0 spiro atoms. The molecule has 0 fully saturated rings. The number of nitrogens with zero attached hydrogens (tertiary/aromatic N) is 2. The Hall–Kier alpha value is -1.53. The van der Waals surface area contributed by atoms with Gasteiger partial charge in [0.15, 0.2) is 5.96 Å². The number of methoxy groups -OCH3 is 1. The Morgan fingerprint density at radius 2 is 1.84 bits per heavy atom.